The van der Waals surface area contributed by atoms with E-state index in [1.807, 2.05) is 0 Å². The Morgan fingerprint density at radius 2 is 1.79 bits per heavy atom. The third-order valence-electron chi connectivity index (χ3n) is 3.79. The lowest BCUT2D eigenvalue weighted by molar-refractivity contribution is 0.310. The Hall–Kier alpha value is -1.07. The van der Waals surface area contributed by atoms with Gasteiger partial charge >= 0.3 is 0 Å². The lowest BCUT2D eigenvalue weighted by atomic mass is 9.87. The molecule has 0 unspecified atom stereocenters. The molecule has 1 fully saturated rings. The summed E-state index contributed by atoms with van der Waals surface area (Å²) in [6.45, 7) is 2.11. The minimum absolute atomic E-state index is 0.0563. The van der Waals surface area contributed by atoms with E-state index in [2.05, 4.69) is 11.6 Å². The molecule has 1 aliphatic carbocycles. The van der Waals surface area contributed by atoms with E-state index >= 15 is 0 Å². The maximum absolute atomic E-state index is 12.3. The maximum atomic E-state index is 12.3. The summed E-state index contributed by atoms with van der Waals surface area (Å²) in [5.41, 5.74) is 0. The molecule has 0 heterocycles. The number of nitrogens with one attached hydrogen (secondary N) is 1. The van der Waals surface area contributed by atoms with Crippen molar-refractivity contribution in [2.75, 3.05) is 7.11 Å². The van der Waals surface area contributed by atoms with Crippen LogP contribution in [0.4, 0.5) is 0 Å². The highest BCUT2D eigenvalue weighted by molar-refractivity contribution is 7.89. The molecule has 106 valence electrons. The number of rotatable bonds is 4. The van der Waals surface area contributed by atoms with Crippen molar-refractivity contribution in [2.24, 2.45) is 5.92 Å². The van der Waals surface area contributed by atoms with Gasteiger partial charge in [0.1, 0.15) is 5.75 Å². The molecule has 19 heavy (non-hydrogen) atoms. The molecule has 2 atom stereocenters. The number of hydrogen-bond acceptors (Lipinski definition) is 3. The molecule has 0 saturated heterocycles. The number of benzene rings is 1. The number of ether oxygens (including phenoxy) is 1. The Bertz CT molecular complexity index is 510. The topological polar surface area (TPSA) is 55.4 Å². The van der Waals surface area contributed by atoms with Gasteiger partial charge in [0.05, 0.1) is 12.0 Å². The fraction of sp³-hybridized carbons (Fsp3) is 0.571. The first-order valence-corrected chi connectivity index (χ1v) is 8.17. The summed E-state index contributed by atoms with van der Waals surface area (Å²) in [5, 5.41) is 0. The molecule has 1 aromatic carbocycles. The van der Waals surface area contributed by atoms with E-state index in [1.165, 1.54) is 6.42 Å². The minimum atomic E-state index is -3.42. The van der Waals surface area contributed by atoms with Crippen molar-refractivity contribution < 1.29 is 13.2 Å². The molecule has 1 aliphatic rings. The normalized spacial score (nSPS) is 24.1. The zero-order valence-electron chi connectivity index (χ0n) is 11.4. The molecule has 1 saturated carbocycles. The largest absolute Gasteiger partial charge is 0.497 e. The van der Waals surface area contributed by atoms with Gasteiger partial charge in [0.25, 0.3) is 0 Å². The van der Waals surface area contributed by atoms with E-state index in [1.54, 1.807) is 31.4 Å². The van der Waals surface area contributed by atoms with E-state index < -0.39 is 10.0 Å². The van der Waals surface area contributed by atoms with Gasteiger partial charge in [0.2, 0.25) is 10.0 Å². The monoisotopic (exact) mass is 283 g/mol. The van der Waals surface area contributed by atoms with Crippen LogP contribution in [0.3, 0.4) is 0 Å². The average Bonchev–Trinajstić information content (AvgIpc) is 2.41. The maximum Gasteiger partial charge on any atom is 0.240 e. The molecule has 0 bridgehead atoms. The predicted molar refractivity (Wildman–Crippen MR) is 74.7 cm³/mol. The lowest BCUT2D eigenvalue weighted by Gasteiger charge is -2.29. The van der Waals surface area contributed by atoms with Crippen LogP contribution in [0.25, 0.3) is 0 Å². The summed E-state index contributed by atoms with van der Waals surface area (Å²) in [4.78, 5) is 0.297. The van der Waals surface area contributed by atoms with Crippen molar-refractivity contribution in [1.29, 1.82) is 0 Å². The molecule has 4 nitrogen and oxygen atoms in total. The molecule has 0 amide bonds. The second kappa shape index (κ2) is 5.92. The van der Waals surface area contributed by atoms with Crippen molar-refractivity contribution >= 4 is 10.0 Å². The summed E-state index contributed by atoms with van der Waals surface area (Å²) >= 11 is 0. The van der Waals surface area contributed by atoms with Gasteiger partial charge in [-0.1, -0.05) is 19.8 Å². The molecular formula is C14H21NO3S. The summed E-state index contributed by atoms with van der Waals surface area (Å²) < 4.78 is 32.5. The molecule has 0 aliphatic heterocycles. The van der Waals surface area contributed by atoms with Crippen molar-refractivity contribution in [1.82, 2.24) is 4.72 Å². The van der Waals surface area contributed by atoms with Crippen LogP contribution < -0.4 is 9.46 Å². The van der Waals surface area contributed by atoms with Gasteiger partial charge in [-0.25, -0.2) is 13.1 Å². The van der Waals surface area contributed by atoms with Gasteiger partial charge in [-0.2, -0.15) is 0 Å². The summed E-state index contributed by atoms with van der Waals surface area (Å²) in [6, 6.07) is 6.54. The SMILES string of the molecule is COc1ccc(S(=O)(=O)N[C@@H]2CCCC[C@@H]2C)cc1. The van der Waals surface area contributed by atoms with E-state index in [0.29, 0.717) is 16.6 Å². The molecule has 0 aromatic heterocycles. The van der Waals surface area contributed by atoms with Crippen molar-refractivity contribution in [3.63, 3.8) is 0 Å². The fourth-order valence-electron chi connectivity index (χ4n) is 2.51. The molecular weight excluding hydrogens is 262 g/mol. The van der Waals surface area contributed by atoms with Crippen molar-refractivity contribution in [3.8, 4) is 5.75 Å². The highest BCUT2D eigenvalue weighted by Gasteiger charge is 2.26. The highest BCUT2D eigenvalue weighted by Crippen LogP contribution is 2.25. The highest BCUT2D eigenvalue weighted by atomic mass is 32.2. The standard InChI is InChI=1S/C14H21NO3S/c1-11-5-3-4-6-14(11)15-19(16,17)13-9-7-12(18-2)8-10-13/h7-11,14-15H,3-6H2,1-2H3/t11-,14+/m0/s1. The van der Waals surface area contributed by atoms with Crippen molar-refractivity contribution in [3.05, 3.63) is 24.3 Å². The number of methoxy groups -OCH3 is 1. The molecule has 1 N–H and O–H groups in total. The number of hydrogen-bond donors (Lipinski definition) is 1. The molecule has 1 aromatic rings. The molecule has 0 radical (unpaired) electrons. The number of sulfonamides is 1. The minimum Gasteiger partial charge on any atom is -0.497 e. The van der Waals surface area contributed by atoms with E-state index in [0.717, 1.165) is 19.3 Å². The van der Waals surface area contributed by atoms with Gasteiger partial charge in [-0.05, 0) is 43.0 Å². The Morgan fingerprint density at radius 1 is 1.16 bits per heavy atom. The Labute approximate surface area is 115 Å². The molecule has 5 heteroatoms. The molecule has 0 spiro atoms. The van der Waals surface area contributed by atoms with Crippen LogP contribution in [0, 0.1) is 5.92 Å². The predicted octanol–water partition coefficient (Wildman–Crippen LogP) is 2.55. The van der Waals surface area contributed by atoms with Gasteiger partial charge in [-0.3, -0.25) is 0 Å². The van der Waals surface area contributed by atoms with Crippen LogP contribution in [0.5, 0.6) is 5.75 Å². The fourth-order valence-corrected chi connectivity index (χ4v) is 3.89. The second-order valence-electron chi connectivity index (χ2n) is 5.17. The Balaban J connectivity index is 2.12. The quantitative estimate of drug-likeness (QED) is 0.924. The smallest absolute Gasteiger partial charge is 0.240 e. The lowest BCUT2D eigenvalue weighted by Crippen LogP contribution is -2.40. The first-order chi connectivity index (χ1) is 9.03. The van der Waals surface area contributed by atoms with E-state index in [-0.39, 0.29) is 6.04 Å². The average molecular weight is 283 g/mol. The van der Waals surface area contributed by atoms with Gasteiger partial charge in [0, 0.05) is 6.04 Å². The third-order valence-corrected chi connectivity index (χ3v) is 5.29. The van der Waals surface area contributed by atoms with Crippen LogP contribution in [-0.4, -0.2) is 21.6 Å². The van der Waals surface area contributed by atoms with Gasteiger partial charge < -0.3 is 4.74 Å². The van der Waals surface area contributed by atoms with Gasteiger partial charge in [-0.15, -0.1) is 0 Å². The first-order valence-electron chi connectivity index (χ1n) is 6.69. The van der Waals surface area contributed by atoms with Crippen LogP contribution in [0.1, 0.15) is 32.6 Å². The first kappa shape index (κ1) is 14.3. The zero-order valence-corrected chi connectivity index (χ0v) is 12.2. The summed E-state index contributed by atoms with van der Waals surface area (Å²) in [5.74, 6) is 1.06. The third kappa shape index (κ3) is 3.48. The Morgan fingerprint density at radius 3 is 2.37 bits per heavy atom. The van der Waals surface area contributed by atoms with Crippen LogP contribution in [0.2, 0.25) is 0 Å². The van der Waals surface area contributed by atoms with E-state index in [4.69, 9.17) is 4.74 Å². The second-order valence-corrected chi connectivity index (χ2v) is 6.88. The zero-order chi connectivity index (χ0) is 13.9. The Kier molecular flexibility index (Phi) is 4.47. The van der Waals surface area contributed by atoms with Crippen LogP contribution in [-0.2, 0) is 10.0 Å². The van der Waals surface area contributed by atoms with Crippen LogP contribution in [0.15, 0.2) is 29.2 Å². The van der Waals surface area contributed by atoms with Gasteiger partial charge in [0.15, 0.2) is 0 Å². The van der Waals surface area contributed by atoms with Crippen molar-refractivity contribution in [2.45, 2.75) is 43.5 Å². The van der Waals surface area contributed by atoms with Crippen LogP contribution >= 0.6 is 0 Å². The van der Waals surface area contributed by atoms with E-state index in [9.17, 15) is 8.42 Å². The molecule has 2 rings (SSSR count). The summed E-state index contributed by atoms with van der Waals surface area (Å²) in [6.07, 6.45) is 4.31. The summed E-state index contributed by atoms with van der Waals surface area (Å²) in [7, 11) is -1.86.